The van der Waals surface area contributed by atoms with Crippen molar-refractivity contribution >= 4 is 22.6 Å². The molecule has 1 N–H and O–H groups in total. The second-order valence-electron chi connectivity index (χ2n) is 8.67. The highest BCUT2D eigenvalue weighted by atomic mass is 16.5. The van der Waals surface area contributed by atoms with Crippen molar-refractivity contribution in [2.24, 2.45) is 0 Å². The molecule has 1 amide bonds. The summed E-state index contributed by atoms with van der Waals surface area (Å²) in [6.07, 6.45) is 7.30. The predicted molar refractivity (Wildman–Crippen MR) is 139 cm³/mol. The summed E-state index contributed by atoms with van der Waals surface area (Å²) in [5.74, 6) is 0.583. The van der Waals surface area contributed by atoms with Crippen molar-refractivity contribution in [1.82, 2.24) is 14.9 Å². The van der Waals surface area contributed by atoms with Crippen molar-refractivity contribution < 1.29 is 9.53 Å². The molecule has 0 aliphatic heterocycles. The molecule has 174 valence electrons. The Hall–Kier alpha value is -3.90. The summed E-state index contributed by atoms with van der Waals surface area (Å²) in [5, 5.41) is 1.04. The van der Waals surface area contributed by atoms with E-state index in [1.165, 1.54) is 5.56 Å². The Labute approximate surface area is 200 Å². The van der Waals surface area contributed by atoms with Gasteiger partial charge in [-0.15, -0.1) is 0 Å². The summed E-state index contributed by atoms with van der Waals surface area (Å²) < 4.78 is 5.55. The molecule has 2 aromatic carbocycles. The van der Waals surface area contributed by atoms with Crippen molar-refractivity contribution in [1.29, 1.82) is 0 Å². The number of amides is 1. The molecule has 0 aliphatic carbocycles. The first-order valence-electron chi connectivity index (χ1n) is 11.2. The summed E-state index contributed by atoms with van der Waals surface area (Å²) in [7, 11) is 7.33. The van der Waals surface area contributed by atoms with Gasteiger partial charge in [-0.3, -0.25) is 4.79 Å². The van der Waals surface area contributed by atoms with Crippen molar-refractivity contribution in [3.63, 3.8) is 0 Å². The second kappa shape index (κ2) is 9.93. The van der Waals surface area contributed by atoms with E-state index in [1.807, 2.05) is 55.7 Å². The number of aryl methyl sites for hydroxylation is 1. The number of nitrogens with zero attached hydrogens (tertiary/aromatic N) is 3. The number of likely N-dealkylation sites (N-methyl/N-ethyl adjacent to an activating group) is 2. The van der Waals surface area contributed by atoms with E-state index in [-0.39, 0.29) is 5.91 Å². The highest BCUT2D eigenvalue weighted by Gasteiger charge is 2.14. The molecule has 0 saturated heterocycles. The Morgan fingerprint density at radius 2 is 1.88 bits per heavy atom. The van der Waals surface area contributed by atoms with E-state index in [9.17, 15) is 4.79 Å². The number of benzene rings is 2. The highest BCUT2D eigenvalue weighted by molar-refractivity contribution is 6.02. The summed E-state index contributed by atoms with van der Waals surface area (Å²) in [6.45, 7) is 2.79. The van der Waals surface area contributed by atoms with E-state index < -0.39 is 0 Å². The lowest BCUT2D eigenvalue weighted by Crippen LogP contribution is -2.24. The standard InChI is InChI=1S/C28H30N4O2/c1-19-8-6-9-20(12-19)26-18-30-28-25(26)15-22(17-29-28)21-13-23(16-24(14-21)34-5)32(4)27(33)10-7-11-31(2)3/h6-10,12-18H,11H2,1-5H3,(H,29,30)/b10-7+. The Balaban J connectivity index is 1.72. The zero-order valence-electron chi connectivity index (χ0n) is 20.3. The third-order valence-electron chi connectivity index (χ3n) is 5.77. The number of hydrogen-bond donors (Lipinski definition) is 1. The first-order chi connectivity index (χ1) is 16.4. The Morgan fingerprint density at radius 3 is 2.62 bits per heavy atom. The number of hydrogen-bond acceptors (Lipinski definition) is 4. The van der Waals surface area contributed by atoms with Gasteiger partial charge >= 0.3 is 0 Å². The number of aromatic nitrogens is 2. The van der Waals surface area contributed by atoms with Crippen molar-refractivity contribution in [3.8, 4) is 28.0 Å². The quantitative estimate of drug-likeness (QED) is 0.385. The van der Waals surface area contributed by atoms with Gasteiger partial charge in [0.2, 0.25) is 5.91 Å². The molecule has 34 heavy (non-hydrogen) atoms. The summed E-state index contributed by atoms with van der Waals surface area (Å²) in [5.41, 5.74) is 6.92. The van der Waals surface area contributed by atoms with Crippen LogP contribution >= 0.6 is 0 Å². The molecule has 4 aromatic rings. The van der Waals surface area contributed by atoms with Crippen molar-refractivity contribution in [2.45, 2.75) is 6.92 Å². The minimum atomic E-state index is -0.0954. The van der Waals surface area contributed by atoms with Crippen LogP contribution in [0.15, 0.2) is 73.1 Å². The molecule has 0 radical (unpaired) electrons. The van der Waals surface area contributed by atoms with Gasteiger partial charge in [0.1, 0.15) is 11.4 Å². The maximum Gasteiger partial charge on any atom is 0.250 e. The molecule has 0 saturated carbocycles. The molecular weight excluding hydrogens is 424 g/mol. The molecule has 0 fully saturated rings. The molecular formula is C28H30N4O2. The maximum atomic E-state index is 12.7. The van der Waals surface area contributed by atoms with Gasteiger partial charge in [0, 0.05) is 60.3 Å². The fourth-order valence-corrected chi connectivity index (χ4v) is 3.88. The molecule has 2 aromatic heterocycles. The number of anilines is 1. The zero-order valence-corrected chi connectivity index (χ0v) is 20.3. The molecule has 0 atom stereocenters. The number of aromatic amines is 1. The number of carbonyl (C=O) groups excluding carboxylic acids is 1. The van der Waals surface area contributed by atoms with Crippen LogP contribution in [0, 0.1) is 6.92 Å². The zero-order chi connectivity index (χ0) is 24.2. The summed E-state index contributed by atoms with van der Waals surface area (Å²) in [6, 6.07) is 16.4. The van der Waals surface area contributed by atoms with E-state index in [1.54, 1.807) is 25.1 Å². The van der Waals surface area contributed by atoms with Crippen LogP contribution in [-0.2, 0) is 4.79 Å². The SMILES string of the molecule is COc1cc(-c2cnc3[nH]cc(-c4cccc(C)c4)c3c2)cc(N(C)C(=O)/C=C/CN(C)C)c1. The number of methoxy groups -OCH3 is 1. The number of H-pyrrole nitrogens is 1. The lowest BCUT2D eigenvalue weighted by molar-refractivity contribution is -0.113. The van der Waals surface area contributed by atoms with Gasteiger partial charge in [-0.1, -0.05) is 35.9 Å². The fourth-order valence-electron chi connectivity index (χ4n) is 3.88. The fraction of sp³-hybridized carbons (Fsp3) is 0.214. The number of rotatable bonds is 7. The number of fused-ring (bicyclic) bond motifs is 1. The van der Waals surface area contributed by atoms with Gasteiger partial charge in [0.15, 0.2) is 0 Å². The van der Waals surface area contributed by atoms with Crippen LogP contribution in [0.3, 0.4) is 0 Å². The van der Waals surface area contributed by atoms with Crippen molar-refractivity contribution in [2.75, 3.05) is 39.7 Å². The largest absolute Gasteiger partial charge is 0.497 e. The average Bonchev–Trinajstić information content (AvgIpc) is 3.26. The third-order valence-corrected chi connectivity index (χ3v) is 5.77. The van der Waals surface area contributed by atoms with Crippen LogP contribution < -0.4 is 9.64 Å². The first kappa shape index (κ1) is 23.3. The molecule has 0 unspecified atom stereocenters. The minimum Gasteiger partial charge on any atom is -0.497 e. The molecule has 0 bridgehead atoms. The van der Waals surface area contributed by atoms with E-state index in [4.69, 9.17) is 4.74 Å². The third kappa shape index (κ3) is 5.02. The van der Waals surface area contributed by atoms with E-state index in [0.29, 0.717) is 12.3 Å². The van der Waals surface area contributed by atoms with E-state index >= 15 is 0 Å². The van der Waals surface area contributed by atoms with Gasteiger partial charge in [0.05, 0.1) is 7.11 Å². The highest BCUT2D eigenvalue weighted by Crippen LogP contribution is 2.34. The van der Waals surface area contributed by atoms with Crippen molar-refractivity contribution in [3.05, 3.63) is 78.6 Å². The lowest BCUT2D eigenvalue weighted by Gasteiger charge is -2.18. The maximum absolute atomic E-state index is 12.7. The summed E-state index contributed by atoms with van der Waals surface area (Å²) >= 11 is 0. The van der Waals surface area contributed by atoms with Gasteiger partial charge in [0.25, 0.3) is 0 Å². The lowest BCUT2D eigenvalue weighted by atomic mass is 10.0. The Kier molecular flexibility index (Phi) is 6.80. The monoisotopic (exact) mass is 454 g/mol. The van der Waals surface area contributed by atoms with Crippen LogP contribution in [0.5, 0.6) is 5.75 Å². The van der Waals surface area contributed by atoms with Crippen LogP contribution in [0.2, 0.25) is 0 Å². The molecule has 6 nitrogen and oxygen atoms in total. The number of carbonyl (C=O) groups is 1. The summed E-state index contributed by atoms with van der Waals surface area (Å²) in [4.78, 5) is 24.3. The van der Waals surface area contributed by atoms with Gasteiger partial charge < -0.3 is 19.5 Å². The number of nitrogens with one attached hydrogen (secondary N) is 1. The second-order valence-corrected chi connectivity index (χ2v) is 8.67. The van der Waals surface area contributed by atoms with Crippen LogP contribution in [0.4, 0.5) is 5.69 Å². The molecule has 6 heteroatoms. The van der Waals surface area contributed by atoms with Crippen LogP contribution in [0.1, 0.15) is 5.56 Å². The van der Waals surface area contributed by atoms with E-state index in [2.05, 4.69) is 47.2 Å². The normalized spacial score (nSPS) is 11.5. The molecule has 0 aliphatic rings. The Bertz CT molecular complexity index is 1350. The molecule has 2 heterocycles. The van der Waals surface area contributed by atoms with Gasteiger partial charge in [-0.2, -0.15) is 0 Å². The number of pyridine rings is 1. The minimum absolute atomic E-state index is 0.0954. The average molecular weight is 455 g/mol. The predicted octanol–water partition coefficient (Wildman–Crippen LogP) is 5.29. The molecule has 4 rings (SSSR count). The van der Waals surface area contributed by atoms with Crippen LogP contribution in [0.25, 0.3) is 33.3 Å². The smallest absolute Gasteiger partial charge is 0.250 e. The van der Waals surface area contributed by atoms with E-state index in [0.717, 1.165) is 39.0 Å². The van der Waals surface area contributed by atoms with Crippen LogP contribution in [-0.4, -0.2) is 55.6 Å². The molecule has 0 spiro atoms. The van der Waals surface area contributed by atoms with Gasteiger partial charge in [-0.05, 0) is 50.3 Å². The van der Waals surface area contributed by atoms with Gasteiger partial charge in [-0.25, -0.2) is 4.98 Å². The Morgan fingerprint density at radius 1 is 1.06 bits per heavy atom. The first-order valence-corrected chi connectivity index (χ1v) is 11.2. The number of ether oxygens (including phenoxy) is 1. The topological polar surface area (TPSA) is 61.5 Å².